The van der Waals surface area contributed by atoms with Crippen LogP contribution in [0.4, 0.5) is 0 Å². The van der Waals surface area contributed by atoms with Gasteiger partial charge in [-0.25, -0.2) is 0 Å². The molecular formula is C13H25N2. The lowest BCUT2D eigenvalue weighted by molar-refractivity contribution is 0.189. The molecule has 0 bridgehead atoms. The first-order chi connectivity index (χ1) is 7.34. The number of piperidine rings is 2. The minimum atomic E-state index is 0.717. The third-order valence-electron chi connectivity index (χ3n) is 3.91. The maximum Gasteiger partial charge on any atom is 0.00792 e. The van der Waals surface area contributed by atoms with E-state index >= 15 is 0 Å². The van der Waals surface area contributed by atoms with Crippen LogP contribution in [0.15, 0.2) is 0 Å². The SMILES string of the molecule is [CH2]C1CCN(CCC2CCCCN2)CC1. The average Bonchev–Trinajstić information content (AvgIpc) is 2.30. The van der Waals surface area contributed by atoms with E-state index in [1.165, 1.54) is 64.7 Å². The van der Waals surface area contributed by atoms with Gasteiger partial charge in [-0.15, -0.1) is 0 Å². The van der Waals surface area contributed by atoms with Gasteiger partial charge in [0.15, 0.2) is 0 Å². The predicted molar refractivity (Wildman–Crippen MR) is 64.8 cm³/mol. The average molecular weight is 209 g/mol. The van der Waals surface area contributed by atoms with E-state index in [-0.39, 0.29) is 0 Å². The molecule has 2 saturated heterocycles. The maximum atomic E-state index is 4.14. The third-order valence-corrected chi connectivity index (χ3v) is 3.91. The molecule has 0 aliphatic carbocycles. The van der Waals surface area contributed by atoms with Crippen molar-refractivity contribution in [2.45, 2.75) is 44.6 Å². The molecule has 0 amide bonds. The van der Waals surface area contributed by atoms with Gasteiger partial charge in [-0.3, -0.25) is 0 Å². The predicted octanol–water partition coefficient (Wildman–Crippen LogP) is 2.06. The standard InChI is InChI=1S/C13H25N2/c1-12-5-9-15(10-6-12)11-7-13-4-2-3-8-14-13/h12-14H,1-11H2. The molecule has 2 nitrogen and oxygen atoms in total. The van der Waals surface area contributed by atoms with Gasteiger partial charge >= 0.3 is 0 Å². The van der Waals surface area contributed by atoms with E-state index in [9.17, 15) is 0 Å². The van der Waals surface area contributed by atoms with Crippen molar-refractivity contribution >= 4 is 0 Å². The Morgan fingerprint density at radius 1 is 1.13 bits per heavy atom. The molecule has 0 spiro atoms. The Bertz CT molecular complexity index is 167. The van der Waals surface area contributed by atoms with E-state index in [1.54, 1.807) is 0 Å². The van der Waals surface area contributed by atoms with Gasteiger partial charge in [-0.05, 0) is 64.2 Å². The maximum absolute atomic E-state index is 4.14. The molecule has 1 unspecified atom stereocenters. The van der Waals surface area contributed by atoms with Crippen LogP contribution in [0, 0.1) is 12.8 Å². The van der Waals surface area contributed by atoms with Crippen molar-refractivity contribution in [3.05, 3.63) is 6.92 Å². The van der Waals surface area contributed by atoms with E-state index in [2.05, 4.69) is 17.1 Å². The largest absolute Gasteiger partial charge is 0.314 e. The Labute approximate surface area is 94.4 Å². The molecule has 15 heavy (non-hydrogen) atoms. The van der Waals surface area contributed by atoms with E-state index in [1.807, 2.05) is 0 Å². The summed E-state index contributed by atoms with van der Waals surface area (Å²) in [4.78, 5) is 2.62. The number of likely N-dealkylation sites (tertiary alicyclic amines) is 1. The topological polar surface area (TPSA) is 15.3 Å². The van der Waals surface area contributed by atoms with Crippen LogP contribution < -0.4 is 5.32 Å². The van der Waals surface area contributed by atoms with Gasteiger partial charge < -0.3 is 10.2 Å². The van der Waals surface area contributed by atoms with Gasteiger partial charge in [0, 0.05) is 6.04 Å². The van der Waals surface area contributed by atoms with E-state index in [4.69, 9.17) is 0 Å². The fourth-order valence-corrected chi connectivity index (χ4v) is 2.72. The Kier molecular flexibility index (Phi) is 4.45. The lowest BCUT2D eigenvalue weighted by Crippen LogP contribution is -2.39. The number of hydrogen-bond acceptors (Lipinski definition) is 2. The smallest absolute Gasteiger partial charge is 0.00792 e. The molecule has 87 valence electrons. The lowest BCUT2D eigenvalue weighted by atomic mass is 9.98. The van der Waals surface area contributed by atoms with Crippen LogP contribution in [0.25, 0.3) is 0 Å². The normalized spacial score (nSPS) is 30.6. The van der Waals surface area contributed by atoms with E-state index in [0.29, 0.717) is 5.92 Å². The zero-order valence-corrected chi connectivity index (χ0v) is 9.88. The zero-order valence-electron chi connectivity index (χ0n) is 9.88. The third kappa shape index (κ3) is 3.76. The molecular weight excluding hydrogens is 184 g/mol. The Balaban J connectivity index is 1.60. The molecule has 1 atom stereocenters. The Morgan fingerprint density at radius 2 is 1.93 bits per heavy atom. The summed E-state index contributed by atoms with van der Waals surface area (Å²) in [7, 11) is 0. The summed E-state index contributed by atoms with van der Waals surface area (Å²) in [6.07, 6.45) is 8.16. The molecule has 2 fully saturated rings. The molecule has 1 N–H and O–H groups in total. The van der Waals surface area contributed by atoms with E-state index < -0.39 is 0 Å². The van der Waals surface area contributed by atoms with Crippen molar-refractivity contribution < 1.29 is 0 Å². The van der Waals surface area contributed by atoms with Gasteiger partial charge in [-0.2, -0.15) is 0 Å². The fourth-order valence-electron chi connectivity index (χ4n) is 2.72. The lowest BCUT2D eigenvalue weighted by Gasteiger charge is -2.32. The summed E-state index contributed by atoms with van der Waals surface area (Å²) < 4.78 is 0. The van der Waals surface area contributed by atoms with Gasteiger partial charge in [-0.1, -0.05) is 13.3 Å². The first-order valence-corrected chi connectivity index (χ1v) is 6.63. The van der Waals surface area contributed by atoms with Crippen LogP contribution in [0.2, 0.25) is 0 Å². The number of hydrogen-bond donors (Lipinski definition) is 1. The molecule has 2 aliphatic rings. The van der Waals surface area contributed by atoms with Gasteiger partial charge in [0.25, 0.3) is 0 Å². The van der Waals surface area contributed by atoms with Crippen molar-refractivity contribution in [1.29, 1.82) is 0 Å². The second kappa shape index (κ2) is 5.86. The number of nitrogens with one attached hydrogen (secondary N) is 1. The fraction of sp³-hybridized carbons (Fsp3) is 0.923. The molecule has 2 heteroatoms. The van der Waals surface area contributed by atoms with Crippen LogP contribution in [0.3, 0.4) is 0 Å². The summed E-state index contributed by atoms with van der Waals surface area (Å²) in [6.45, 7) is 9.24. The van der Waals surface area contributed by atoms with Crippen LogP contribution in [-0.2, 0) is 0 Å². The molecule has 2 heterocycles. The molecule has 0 aromatic heterocycles. The van der Waals surface area contributed by atoms with Crippen LogP contribution >= 0.6 is 0 Å². The number of rotatable bonds is 3. The van der Waals surface area contributed by atoms with Crippen LogP contribution in [-0.4, -0.2) is 37.1 Å². The van der Waals surface area contributed by atoms with Gasteiger partial charge in [0.2, 0.25) is 0 Å². The molecule has 2 rings (SSSR count). The highest BCUT2D eigenvalue weighted by Crippen LogP contribution is 2.17. The molecule has 0 aromatic carbocycles. The Morgan fingerprint density at radius 3 is 2.60 bits per heavy atom. The molecule has 0 saturated carbocycles. The summed E-state index contributed by atoms with van der Waals surface area (Å²) in [6, 6.07) is 0.802. The van der Waals surface area contributed by atoms with E-state index in [0.717, 1.165) is 6.04 Å². The summed E-state index contributed by atoms with van der Waals surface area (Å²) in [5, 5.41) is 3.63. The highest BCUT2D eigenvalue weighted by atomic mass is 15.1. The van der Waals surface area contributed by atoms with Crippen LogP contribution in [0.5, 0.6) is 0 Å². The molecule has 2 aliphatic heterocycles. The van der Waals surface area contributed by atoms with Crippen molar-refractivity contribution in [3.63, 3.8) is 0 Å². The van der Waals surface area contributed by atoms with Crippen molar-refractivity contribution in [2.75, 3.05) is 26.2 Å². The summed E-state index contributed by atoms with van der Waals surface area (Å²) in [5.74, 6) is 0.717. The minimum Gasteiger partial charge on any atom is -0.314 e. The highest BCUT2D eigenvalue weighted by molar-refractivity contribution is 4.77. The van der Waals surface area contributed by atoms with Crippen molar-refractivity contribution in [2.24, 2.45) is 5.92 Å². The Hall–Kier alpha value is -0.0800. The second-order valence-electron chi connectivity index (χ2n) is 5.22. The molecule has 0 aromatic rings. The first-order valence-electron chi connectivity index (χ1n) is 6.63. The van der Waals surface area contributed by atoms with Gasteiger partial charge in [0.1, 0.15) is 0 Å². The second-order valence-corrected chi connectivity index (χ2v) is 5.22. The summed E-state index contributed by atoms with van der Waals surface area (Å²) >= 11 is 0. The van der Waals surface area contributed by atoms with Crippen molar-refractivity contribution in [1.82, 2.24) is 10.2 Å². The zero-order chi connectivity index (χ0) is 10.5. The minimum absolute atomic E-state index is 0.717. The van der Waals surface area contributed by atoms with Crippen LogP contribution in [0.1, 0.15) is 38.5 Å². The number of nitrogens with zero attached hydrogens (tertiary/aromatic N) is 1. The van der Waals surface area contributed by atoms with Crippen molar-refractivity contribution in [3.8, 4) is 0 Å². The molecule has 1 radical (unpaired) electrons. The summed E-state index contributed by atoms with van der Waals surface area (Å²) in [5.41, 5.74) is 0. The highest BCUT2D eigenvalue weighted by Gasteiger charge is 2.18. The quantitative estimate of drug-likeness (QED) is 0.765. The monoisotopic (exact) mass is 209 g/mol. The first kappa shape index (κ1) is 11.4. The van der Waals surface area contributed by atoms with Gasteiger partial charge in [0.05, 0.1) is 0 Å².